The molecule has 0 amide bonds. The lowest BCUT2D eigenvalue weighted by Crippen LogP contribution is -2.23. The van der Waals surface area contributed by atoms with Gasteiger partial charge in [0.2, 0.25) is 5.88 Å². The minimum atomic E-state index is 0.585. The van der Waals surface area contributed by atoms with E-state index in [1.165, 1.54) is 19.3 Å². The van der Waals surface area contributed by atoms with Gasteiger partial charge in [-0.1, -0.05) is 6.42 Å². The van der Waals surface area contributed by atoms with Crippen LogP contribution in [0.25, 0.3) is 0 Å². The van der Waals surface area contributed by atoms with Crippen molar-refractivity contribution in [2.75, 3.05) is 13.2 Å². The summed E-state index contributed by atoms with van der Waals surface area (Å²) >= 11 is 0. The van der Waals surface area contributed by atoms with Crippen molar-refractivity contribution in [1.82, 2.24) is 9.97 Å². The topological polar surface area (TPSA) is 61.0 Å². The van der Waals surface area contributed by atoms with Gasteiger partial charge < -0.3 is 10.5 Å². The minimum absolute atomic E-state index is 0.585. The zero-order valence-electron chi connectivity index (χ0n) is 10.6. The fourth-order valence-corrected chi connectivity index (χ4v) is 2.48. The van der Waals surface area contributed by atoms with Crippen molar-refractivity contribution in [3.8, 4) is 5.88 Å². The summed E-state index contributed by atoms with van der Waals surface area (Å²) in [6.45, 7) is 5.35. The Morgan fingerprint density at radius 3 is 2.88 bits per heavy atom. The summed E-state index contributed by atoms with van der Waals surface area (Å²) in [5.74, 6) is 1.88. The number of ether oxygens (including phenoxy) is 1. The lowest BCUT2D eigenvalue weighted by molar-refractivity contribution is 0.208. The molecule has 0 aromatic carbocycles. The van der Waals surface area contributed by atoms with Crippen molar-refractivity contribution in [2.45, 2.75) is 33.1 Å². The molecule has 1 aliphatic rings. The summed E-state index contributed by atoms with van der Waals surface area (Å²) < 4.78 is 5.80. The summed E-state index contributed by atoms with van der Waals surface area (Å²) in [7, 11) is 0. The molecule has 4 nitrogen and oxygen atoms in total. The van der Waals surface area contributed by atoms with E-state index in [2.05, 4.69) is 9.97 Å². The average molecular weight is 235 g/mol. The molecule has 1 aromatic rings. The highest BCUT2D eigenvalue weighted by Crippen LogP contribution is 2.31. The van der Waals surface area contributed by atoms with Crippen molar-refractivity contribution in [1.29, 1.82) is 0 Å². The Bertz CT molecular complexity index is 381. The van der Waals surface area contributed by atoms with Gasteiger partial charge in [0.15, 0.2) is 0 Å². The Labute approximate surface area is 103 Å². The smallest absolute Gasteiger partial charge is 0.235 e. The van der Waals surface area contributed by atoms with Gasteiger partial charge in [-0.15, -0.1) is 0 Å². The summed E-state index contributed by atoms with van der Waals surface area (Å²) in [5, 5.41) is 0. The maximum absolute atomic E-state index is 5.80. The molecule has 0 spiro atoms. The van der Waals surface area contributed by atoms with E-state index in [-0.39, 0.29) is 0 Å². The zero-order chi connectivity index (χ0) is 12.3. The van der Waals surface area contributed by atoms with Gasteiger partial charge >= 0.3 is 0 Å². The summed E-state index contributed by atoms with van der Waals surface area (Å²) in [5.41, 5.74) is 7.52. The number of nitrogens with two attached hydrogens (primary N) is 1. The zero-order valence-corrected chi connectivity index (χ0v) is 10.6. The van der Waals surface area contributed by atoms with Crippen LogP contribution in [-0.2, 0) is 0 Å². The van der Waals surface area contributed by atoms with Crippen LogP contribution in [0, 0.1) is 25.7 Å². The molecule has 2 N–H and O–H groups in total. The molecule has 1 aromatic heterocycles. The van der Waals surface area contributed by atoms with Crippen LogP contribution in [-0.4, -0.2) is 23.1 Å². The first-order chi connectivity index (χ1) is 8.20. The highest BCUT2D eigenvalue weighted by atomic mass is 16.5. The van der Waals surface area contributed by atoms with E-state index in [9.17, 15) is 0 Å². The third kappa shape index (κ3) is 2.94. The van der Waals surface area contributed by atoms with E-state index < -0.39 is 0 Å². The number of aryl methyl sites for hydroxylation is 2. The molecular weight excluding hydrogens is 214 g/mol. The Morgan fingerprint density at radius 2 is 2.12 bits per heavy atom. The Balaban J connectivity index is 1.95. The fourth-order valence-electron chi connectivity index (χ4n) is 2.48. The van der Waals surface area contributed by atoms with Crippen molar-refractivity contribution in [2.24, 2.45) is 17.6 Å². The molecule has 0 saturated heterocycles. The highest BCUT2D eigenvalue weighted by Gasteiger charge is 2.26. The van der Waals surface area contributed by atoms with E-state index in [1.807, 2.05) is 13.8 Å². The molecule has 94 valence electrons. The predicted molar refractivity (Wildman–Crippen MR) is 66.9 cm³/mol. The Hall–Kier alpha value is -1.16. The van der Waals surface area contributed by atoms with E-state index >= 15 is 0 Å². The second-order valence-electron chi connectivity index (χ2n) is 4.90. The van der Waals surface area contributed by atoms with Crippen LogP contribution in [0.3, 0.4) is 0 Å². The number of rotatable bonds is 4. The Kier molecular flexibility index (Phi) is 3.94. The number of aromatic nitrogens is 2. The molecule has 2 unspecified atom stereocenters. The highest BCUT2D eigenvalue weighted by molar-refractivity contribution is 5.18. The number of hydrogen-bond donors (Lipinski definition) is 1. The van der Waals surface area contributed by atoms with Crippen LogP contribution in [0.15, 0.2) is 6.20 Å². The maximum atomic E-state index is 5.80. The molecule has 2 atom stereocenters. The van der Waals surface area contributed by atoms with Gasteiger partial charge in [-0.05, 0) is 45.1 Å². The van der Waals surface area contributed by atoms with E-state index in [0.29, 0.717) is 17.7 Å². The van der Waals surface area contributed by atoms with Crippen molar-refractivity contribution < 1.29 is 4.74 Å². The molecule has 1 saturated carbocycles. The van der Waals surface area contributed by atoms with Crippen molar-refractivity contribution >= 4 is 0 Å². The molecule has 0 radical (unpaired) electrons. The van der Waals surface area contributed by atoms with Gasteiger partial charge in [-0.3, -0.25) is 4.98 Å². The summed E-state index contributed by atoms with van der Waals surface area (Å²) in [6, 6.07) is 0. The van der Waals surface area contributed by atoms with Gasteiger partial charge in [0, 0.05) is 6.20 Å². The average Bonchev–Trinajstić information content (AvgIpc) is 2.77. The SMILES string of the molecule is Cc1cnc(C)c(OCC2CCCC2CN)n1. The molecule has 2 rings (SSSR count). The van der Waals surface area contributed by atoms with Crippen LogP contribution < -0.4 is 10.5 Å². The molecule has 1 heterocycles. The third-order valence-corrected chi connectivity index (χ3v) is 3.59. The van der Waals surface area contributed by atoms with E-state index in [0.717, 1.165) is 24.5 Å². The predicted octanol–water partition coefficient (Wildman–Crippen LogP) is 1.85. The van der Waals surface area contributed by atoms with Crippen LogP contribution in [0.1, 0.15) is 30.7 Å². The standard InChI is InChI=1S/C13H21N3O/c1-9-7-15-10(2)13(16-9)17-8-12-5-3-4-11(12)6-14/h7,11-12H,3-6,8,14H2,1-2H3. The Morgan fingerprint density at radius 1 is 1.35 bits per heavy atom. The van der Waals surface area contributed by atoms with E-state index in [1.54, 1.807) is 6.20 Å². The first kappa shape index (κ1) is 12.3. The van der Waals surface area contributed by atoms with Crippen LogP contribution in [0.2, 0.25) is 0 Å². The first-order valence-electron chi connectivity index (χ1n) is 6.34. The van der Waals surface area contributed by atoms with Gasteiger partial charge in [0.25, 0.3) is 0 Å². The molecule has 0 aliphatic heterocycles. The third-order valence-electron chi connectivity index (χ3n) is 3.59. The molecule has 1 aliphatic carbocycles. The summed E-state index contributed by atoms with van der Waals surface area (Å²) in [6.07, 6.45) is 5.50. The van der Waals surface area contributed by atoms with Gasteiger partial charge in [-0.25, -0.2) is 4.98 Å². The fraction of sp³-hybridized carbons (Fsp3) is 0.692. The summed E-state index contributed by atoms with van der Waals surface area (Å²) in [4.78, 5) is 8.62. The van der Waals surface area contributed by atoms with Gasteiger partial charge in [0.05, 0.1) is 18.0 Å². The first-order valence-corrected chi connectivity index (χ1v) is 6.34. The van der Waals surface area contributed by atoms with Crippen LogP contribution in [0.5, 0.6) is 5.88 Å². The van der Waals surface area contributed by atoms with Gasteiger partial charge in [-0.2, -0.15) is 0 Å². The molecule has 17 heavy (non-hydrogen) atoms. The normalized spacial score (nSPS) is 23.9. The van der Waals surface area contributed by atoms with E-state index in [4.69, 9.17) is 10.5 Å². The van der Waals surface area contributed by atoms with Crippen molar-refractivity contribution in [3.63, 3.8) is 0 Å². The van der Waals surface area contributed by atoms with Crippen molar-refractivity contribution in [3.05, 3.63) is 17.6 Å². The molecule has 0 bridgehead atoms. The largest absolute Gasteiger partial charge is 0.476 e. The second kappa shape index (κ2) is 5.45. The minimum Gasteiger partial charge on any atom is -0.476 e. The maximum Gasteiger partial charge on any atom is 0.235 e. The second-order valence-corrected chi connectivity index (χ2v) is 4.90. The van der Waals surface area contributed by atoms with Gasteiger partial charge in [0.1, 0.15) is 0 Å². The monoisotopic (exact) mass is 235 g/mol. The molecule has 4 heteroatoms. The number of nitrogens with zero attached hydrogens (tertiary/aromatic N) is 2. The van der Waals surface area contributed by atoms with Crippen LogP contribution in [0.4, 0.5) is 0 Å². The lowest BCUT2D eigenvalue weighted by Gasteiger charge is -2.18. The quantitative estimate of drug-likeness (QED) is 0.865. The number of hydrogen-bond acceptors (Lipinski definition) is 4. The molecular formula is C13H21N3O. The van der Waals surface area contributed by atoms with Crippen LogP contribution >= 0.6 is 0 Å². The molecule has 1 fully saturated rings. The lowest BCUT2D eigenvalue weighted by atomic mass is 9.97.